The monoisotopic (exact) mass is 337 g/mol. The second kappa shape index (κ2) is 6.26. The van der Waals surface area contributed by atoms with Gasteiger partial charge in [-0.05, 0) is 31.4 Å². The quantitative estimate of drug-likeness (QED) is 0.820. The number of hydrogen-bond donors (Lipinski definition) is 1. The summed E-state index contributed by atoms with van der Waals surface area (Å²) in [5, 5.41) is 11.3. The minimum atomic E-state index is -4.66. The Balaban J connectivity index is 2.14. The maximum absolute atomic E-state index is 12.9. The predicted molar refractivity (Wildman–Crippen MR) is 69.3 cm³/mol. The summed E-state index contributed by atoms with van der Waals surface area (Å²) in [6.07, 6.45) is -9.93. The van der Waals surface area contributed by atoms with Crippen molar-refractivity contribution in [1.29, 1.82) is 5.26 Å². The van der Waals surface area contributed by atoms with Crippen LogP contribution in [-0.2, 0) is 0 Å². The highest BCUT2D eigenvalue weighted by Crippen LogP contribution is 2.46. The molecule has 126 valence electrons. The Labute approximate surface area is 128 Å². The van der Waals surface area contributed by atoms with Crippen LogP contribution in [0.25, 0.3) is 0 Å². The van der Waals surface area contributed by atoms with Gasteiger partial charge in [0.2, 0.25) is 0 Å². The number of anilines is 1. The zero-order valence-corrected chi connectivity index (χ0v) is 11.7. The summed E-state index contributed by atoms with van der Waals surface area (Å²) in [4.78, 5) is 3.82. The summed E-state index contributed by atoms with van der Waals surface area (Å²) in [7, 11) is 0. The van der Waals surface area contributed by atoms with Crippen LogP contribution in [0.15, 0.2) is 18.3 Å². The van der Waals surface area contributed by atoms with Gasteiger partial charge in [0.1, 0.15) is 11.9 Å². The maximum Gasteiger partial charge on any atom is 0.391 e. The molecule has 2 rings (SSSR count). The average Bonchev–Trinajstić information content (AvgIpc) is 2.46. The summed E-state index contributed by atoms with van der Waals surface area (Å²) in [6, 6.07) is 3.59. The Morgan fingerprint density at radius 3 is 1.96 bits per heavy atom. The van der Waals surface area contributed by atoms with Crippen molar-refractivity contribution in [3.8, 4) is 6.07 Å². The van der Waals surface area contributed by atoms with Crippen molar-refractivity contribution in [3.05, 3.63) is 23.9 Å². The highest BCUT2D eigenvalue weighted by atomic mass is 19.4. The van der Waals surface area contributed by atoms with Crippen molar-refractivity contribution in [2.24, 2.45) is 11.8 Å². The zero-order valence-electron chi connectivity index (χ0n) is 11.7. The van der Waals surface area contributed by atoms with Crippen LogP contribution in [0.1, 0.15) is 24.8 Å². The number of halogens is 6. The molecule has 1 fully saturated rings. The van der Waals surface area contributed by atoms with Crippen molar-refractivity contribution in [3.63, 3.8) is 0 Å². The molecule has 1 saturated carbocycles. The molecule has 0 amide bonds. The van der Waals surface area contributed by atoms with Gasteiger partial charge in [0, 0.05) is 12.2 Å². The lowest BCUT2D eigenvalue weighted by Gasteiger charge is -2.37. The molecule has 1 aromatic heterocycles. The smallest absolute Gasteiger partial charge is 0.367 e. The van der Waals surface area contributed by atoms with E-state index in [0.717, 1.165) is 0 Å². The molecule has 0 unspecified atom stereocenters. The Kier molecular flexibility index (Phi) is 4.73. The number of pyridine rings is 1. The number of rotatable bonds is 2. The summed E-state index contributed by atoms with van der Waals surface area (Å²) < 4.78 is 77.2. The van der Waals surface area contributed by atoms with Gasteiger partial charge in [-0.2, -0.15) is 31.6 Å². The fourth-order valence-corrected chi connectivity index (χ4v) is 2.73. The van der Waals surface area contributed by atoms with Crippen LogP contribution < -0.4 is 5.32 Å². The highest BCUT2D eigenvalue weighted by molar-refractivity contribution is 5.39. The Hall–Kier alpha value is -1.98. The van der Waals surface area contributed by atoms with Crippen LogP contribution in [0, 0.1) is 23.2 Å². The van der Waals surface area contributed by atoms with E-state index in [1.165, 1.54) is 18.3 Å². The summed E-state index contributed by atoms with van der Waals surface area (Å²) in [6.45, 7) is 0. The largest absolute Gasteiger partial charge is 0.391 e. The minimum Gasteiger partial charge on any atom is -0.367 e. The SMILES string of the molecule is N#Cc1ccc(NC2C[C@H](C(F)(F)F)C[C@@H](C(F)(F)F)C2)nc1. The van der Waals surface area contributed by atoms with E-state index in [1.54, 1.807) is 0 Å². The lowest BCUT2D eigenvalue weighted by Crippen LogP contribution is -2.42. The lowest BCUT2D eigenvalue weighted by atomic mass is 9.77. The molecule has 3 nitrogen and oxygen atoms in total. The number of nitrogens with zero attached hydrogens (tertiary/aromatic N) is 2. The van der Waals surface area contributed by atoms with E-state index in [0.29, 0.717) is 0 Å². The van der Waals surface area contributed by atoms with Crippen LogP contribution in [0.5, 0.6) is 0 Å². The van der Waals surface area contributed by atoms with Crippen molar-refractivity contribution < 1.29 is 26.3 Å². The standard InChI is InChI=1S/C14H13F6N3/c15-13(16,17)9-3-10(14(18,19)20)5-11(4-9)23-12-2-1-8(6-21)7-22-12/h1-2,7,9-11H,3-5H2,(H,22,23)/t9-,10-/m1/s1. The third-order valence-electron chi connectivity index (χ3n) is 3.88. The van der Waals surface area contributed by atoms with Gasteiger partial charge in [-0.1, -0.05) is 0 Å². The fraction of sp³-hybridized carbons (Fsp3) is 0.571. The molecule has 1 aliphatic carbocycles. The van der Waals surface area contributed by atoms with E-state index in [1.807, 2.05) is 6.07 Å². The van der Waals surface area contributed by atoms with Gasteiger partial charge in [0.15, 0.2) is 0 Å². The number of aromatic nitrogens is 1. The van der Waals surface area contributed by atoms with Crippen molar-refractivity contribution in [2.75, 3.05) is 5.32 Å². The highest BCUT2D eigenvalue weighted by Gasteiger charge is 2.51. The first-order chi connectivity index (χ1) is 10.6. The molecule has 0 aromatic carbocycles. The normalized spacial score (nSPS) is 25.7. The first-order valence-corrected chi connectivity index (χ1v) is 6.85. The molecular formula is C14H13F6N3. The van der Waals surface area contributed by atoms with Gasteiger partial charge < -0.3 is 5.32 Å². The van der Waals surface area contributed by atoms with Crippen LogP contribution in [0.2, 0.25) is 0 Å². The molecule has 23 heavy (non-hydrogen) atoms. The molecule has 2 atom stereocenters. The zero-order chi connectivity index (χ0) is 17.3. The Bertz CT molecular complexity index is 550. The van der Waals surface area contributed by atoms with Crippen LogP contribution in [0.4, 0.5) is 32.2 Å². The van der Waals surface area contributed by atoms with Gasteiger partial charge in [-0.3, -0.25) is 0 Å². The number of nitriles is 1. The number of hydrogen-bond acceptors (Lipinski definition) is 3. The van der Waals surface area contributed by atoms with E-state index in [9.17, 15) is 26.3 Å². The topological polar surface area (TPSA) is 48.7 Å². The predicted octanol–water partition coefficient (Wildman–Crippen LogP) is 4.27. The third-order valence-corrected chi connectivity index (χ3v) is 3.88. The van der Waals surface area contributed by atoms with E-state index < -0.39 is 49.5 Å². The second-order valence-electron chi connectivity index (χ2n) is 5.57. The Morgan fingerprint density at radius 2 is 1.57 bits per heavy atom. The van der Waals surface area contributed by atoms with Gasteiger partial charge in [0.05, 0.1) is 17.4 Å². The van der Waals surface area contributed by atoms with Gasteiger partial charge in [-0.25, -0.2) is 4.98 Å². The molecule has 0 bridgehead atoms. The molecule has 0 saturated heterocycles. The molecule has 1 N–H and O–H groups in total. The molecule has 0 spiro atoms. The van der Waals surface area contributed by atoms with Gasteiger partial charge >= 0.3 is 12.4 Å². The van der Waals surface area contributed by atoms with E-state index in [2.05, 4.69) is 10.3 Å². The average molecular weight is 337 g/mol. The molecule has 1 heterocycles. The first kappa shape index (κ1) is 17.4. The summed E-state index contributed by atoms with van der Waals surface area (Å²) >= 11 is 0. The van der Waals surface area contributed by atoms with Crippen molar-refractivity contribution >= 4 is 5.82 Å². The van der Waals surface area contributed by atoms with Crippen molar-refractivity contribution in [1.82, 2.24) is 4.98 Å². The molecule has 0 aliphatic heterocycles. The van der Waals surface area contributed by atoms with Gasteiger partial charge in [0.25, 0.3) is 0 Å². The lowest BCUT2D eigenvalue weighted by molar-refractivity contribution is -0.223. The maximum atomic E-state index is 12.9. The van der Waals surface area contributed by atoms with Crippen LogP contribution in [0.3, 0.4) is 0 Å². The van der Waals surface area contributed by atoms with Crippen molar-refractivity contribution in [2.45, 2.75) is 37.7 Å². The summed E-state index contributed by atoms with van der Waals surface area (Å²) in [5.41, 5.74) is 0.250. The number of alkyl halides is 6. The van der Waals surface area contributed by atoms with Crippen LogP contribution in [-0.4, -0.2) is 23.4 Å². The van der Waals surface area contributed by atoms with Crippen LogP contribution >= 0.6 is 0 Å². The van der Waals surface area contributed by atoms with E-state index in [-0.39, 0.29) is 11.4 Å². The molecule has 1 aliphatic rings. The Morgan fingerprint density at radius 1 is 1.00 bits per heavy atom. The number of nitrogens with one attached hydrogen (secondary N) is 1. The minimum absolute atomic E-state index is 0.151. The molecule has 0 radical (unpaired) electrons. The summed E-state index contributed by atoms with van der Waals surface area (Å²) in [5.74, 6) is -3.85. The van der Waals surface area contributed by atoms with E-state index in [4.69, 9.17) is 5.26 Å². The third kappa shape index (κ3) is 4.50. The molecule has 9 heteroatoms. The van der Waals surface area contributed by atoms with Gasteiger partial charge in [-0.15, -0.1) is 0 Å². The van der Waals surface area contributed by atoms with E-state index >= 15 is 0 Å². The second-order valence-corrected chi connectivity index (χ2v) is 5.57. The first-order valence-electron chi connectivity index (χ1n) is 6.85. The fourth-order valence-electron chi connectivity index (χ4n) is 2.73. The molecular weight excluding hydrogens is 324 g/mol. The molecule has 1 aromatic rings.